The van der Waals surface area contributed by atoms with Crippen LogP contribution in [0.15, 0.2) is 0 Å². The minimum atomic E-state index is -6.26. The third-order valence-corrected chi connectivity index (χ3v) is 0.864. The number of halogens is 7. The number of carbonyl (C=O) groups excluding carboxylic acids is 1. The molecule has 104 valence electrons. The van der Waals surface area contributed by atoms with Gasteiger partial charge < -0.3 is 0 Å². The minimum absolute atomic E-state index is 3.44. The van der Waals surface area contributed by atoms with Gasteiger partial charge in [-0.1, -0.05) is 0 Å². The first-order chi connectivity index (χ1) is 7.10. The summed E-state index contributed by atoms with van der Waals surface area (Å²) in [5.41, 5.74) is 0. The maximum absolute atomic E-state index is 11.6. The van der Waals surface area contributed by atoms with Crippen LogP contribution < -0.4 is 0 Å². The fourth-order valence-electron chi connectivity index (χ4n) is 0.277. The summed E-state index contributed by atoms with van der Waals surface area (Å²) in [5.74, 6) is -9.41. The molecule has 0 heterocycles. The Morgan fingerprint density at radius 1 is 1.00 bits per heavy atom. The van der Waals surface area contributed by atoms with E-state index >= 15 is 0 Å². The fraction of sp³-hybridized carbons (Fsp3) is 0.750. The Labute approximate surface area is 88.8 Å². The van der Waals surface area contributed by atoms with Crippen LogP contribution in [0.5, 0.6) is 0 Å². The third-order valence-electron chi connectivity index (χ3n) is 0.864. The van der Waals surface area contributed by atoms with Crippen LogP contribution in [0.25, 0.3) is 0 Å². The van der Waals surface area contributed by atoms with Gasteiger partial charge in [-0.2, -0.15) is 30.4 Å². The first-order valence-electron chi connectivity index (χ1n) is 3.07. The molecule has 0 saturated carbocycles. The molecule has 0 spiro atoms. The Balaban J connectivity index is 0. The van der Waals surface area contributed by atoms with Crippen LogP contribution in [0, 0.1) is 0 Å². The summed E-state index contributed by atoms with van der Waals surface area (Å²) in [6.45, 7) is 0. The molecular formula is C4H3F7O5S. The SMILES string of the molecule is O=C(C(F)F)C(F)(F)C(F)(F)F.O=S(=O)(O)O. The van der Waals surface area contributed by atoms with Gasteiger partial charge in [-0.15, -0.1) is 0 Å². The molecule has 0 atom stereocenters. The van der Waals surface area contributed by atoms with Crippen molar-refractivity contribution in [1.82, 2.24) is 0 Å². The van der Waals surface area contributed by atoms with E-state index in [2.05, 4.69) is 0 Å². The molecule has 0 unspecified atom stereocenters. The quantitative estimate of drug-likeness (QED) is 0.593. The summed E-state index contributed by atoms with van der Waals surface area (Å²) in [5, 5.41) is 0. The lowest BCUT2D eigenvalue weighted by atomic mass is 10.2. The van der Waals surface area contributed by atoms with E-state index in [1.165, 1.54) is 0 Å². The molecule has 2 N–H and O–H groups in total. The molecule has 17 heavy (non-hydrogen) atoms. The molecule has 0 aromatic heterocycles. The van der Waals surface area contributed by atoms with Crippen LogP contribution in [-0.2, 0) is 15.2 Å². The number of hydrogen-bond donors (Lipinski definition) is 2. The molecule has 0 aliphatic heterocycles. The fourth-order valence-corrected chi connectivity index (χ4v) is 0.277. The zero-order valence-corrected chi connectivity index (χ0v) is 8.07. The second kappa shape index (κ2) is 5.59. The average molecular weight is 296 g/mol. The molecule has 0 rings (SSSR count). The third kappa shape index (κ3) is 7.87. The van der Waals surface area contributed by atoms with Crippen molar-refractivity contribution in [2.24, 2.45) is 0 Å². The molecule has 0 bridgehead atoms. The predicted molar refractivity (Wildman–Crippen MR) is 36.2 cm³/mol. The van der Waals surface area contributed by atoms with Gasteiger partial charge in [-0.25, -0.2) is 8.78 Å². The maximum atomic E-state index is 11.6. The van der Waals surface area contributed by atoms with Crippen molar-refractivity contribution in [3.8, 4) is 0 Å². The number of Topliss-reactive ketones (excluding diaryl/α,β-unsaturated/α-hetero) is 1. The van der Waals surface area contributed by atoms with Gasteiger partial charge in [0.2, 0.25) is 0 Å². The van der Waals surface area contributed by atoms with Gasteiger partial charge in [-0.05, 0) is 0 Å². The topological polar surface area (TPSA) is 91.7 Å². The zero-order valence-electron chi connectivity index (χ0n) is 7.25. The van der Waals surface area contributed by atoms with Gasteiger partial charge in [0.25, 0.3) is 5.78 Å². The van der Waals surface area contributed by atoms with Gasteiger partial charge in [-0.3, -0.25) is 13.9 Å². The summed E-state index contributed by atoms with van der Waals surface area (Å²) in [6.07, 6.45) is -10.6. The Morgan fingerprint density at radius 3 is 1.29 bits per heavy atom. The normalized spacial score (nSPS) is 13.1. The smallest absolute Gasteiger partial charge is 0.286 e. The van der Waals surface area contributed by atoms with Crippen LogP contribution in [-0.4, -0.2) is 41.8 Å². The van der Waals surface area contributed by atoms with Crippen LogP contribution in [0.1, 0.15) is 0 Å². The predicted octanol–water partition coefficient (Wildman–Crippen LogP) is 1.37. The van der Waals surface area contributed by atoms with E-state index in [1.807, 2.05) is 0 Å². The van der Waals surface area contributed by atoms with Crippen molar-refractivity contribution in [3.05, 3.63) is 0 Å². The average Bonchev–Trinajstić information content (AvgIpc) is 1.97. The highest BCUT2D eigenvalue weighted by Crippen LogP contribution is 2.37. The number of ketones is 1. The molecule has 13 heteroatoms. The number of carbonyl (C=O) groups is 1. The maximum Gasteiger partial charge on any atom is 0.461 e. The Hall–Kier alpha value is -0.950. The lowest BCUT2D eigenvalue weighted by molar-refractivity contribution is -0.272. The highest BCUT2D eigenvalue weighted by molar-refractivity contribution is 7.79. The van der Waals surface area contributed by atoms with Gasteiger partial charge in [0.15, 0.2) is 0 Å². The molecule has 0 aliphatic carbocycles. The van der Waals surface area contributed by atoms with Crippen molar-refractivity contribution in [2.45, 2.75) is 18.5 Å². The molecule has 0 fully saturated rings. The van der Waals surface area contributed by atoms with E-state index in [1.54, 1.807) is 0 Å². The van der Waals surface area contributed by atoms with E-state index in [9.17, 15) is 35.5 Å². The van der Waals surface area contributed by atoms with Crippen molar-refractivity contribution in [3.63, 3.8) is 0 Å². The number of alkyl halides is 7. The summed E-state index contributed by atoms with van der Waals surface area (Å²) >= 11 is 0. The number of rotatable bonds is 2. The monoisotopic (exact) mass is 296 g/mol. The summed E-state index contributed by atoms with van der Waals surface area (Å²) < 4.78 is 110. The Bertz CT molecular complexity index is 349. The molecule has 0 saturated heterocycles. The first-order valence-corrected chi connectivity index (χ1v) is 4.47. The second-order valence-corrected chi connectivity index (χ2v) is 3.08. The van der Waals surface area contributed by atoms with Crippen LogP contribution in [0.3, 0.4) is 0 Å². The molecule has 0 aromatic rings. The summed E-state index contributed by atoms with van der Waals surface area (Å²) in [4.78, 5) is 9.59. The van der Waals surface area contributed by atoms with Crippen LogP contribution >= 0.6 is 0 Å². The largest absolute Gasteiger partial charge is 0.461 e. The molecule has 0 amide bonds. The highest BCUT2D eigenvalue weighted by atomic mass is 32.3. The molecular weight excluding hydrogens is 293 g/mol. The Kier molecular flexibility index (Phi) is 6.06. The minimum Gasteiger partial charge on any atom is -0.286 e. The molecule has 5 nitrogen and oxygen atoms in total. The second-order valence-electron chi connectivity index (χ2n) is 2.18. The van der Waals surface area contributed by atoms with Gasteiger partial charge >= 0.3 is 28.9 Å². The first kappa shape index (κ1) is 18.4. The lowest BCUT2D eigenvalue weighted by Gasteiger charge is -2.16. The van der Waals surface area contributed by atoms with E-state index in [-0.39, 0.29) is 0 Å². The number of hydrogen-bond acceptors (Lipinski definition) is 3. The van der Waals surface area contributed by atoms with E-state index in [4.69, 9.17) is 17.5 Å². The molecule has 0 radical (unpaired) electrons. The Morgan fingerprint density at radius 2 is 1.24 bits per heavy atom. The van der Waals surface area contributed by atoms with Crippen molar-refractivity contribution >= 4 is 16.2 Å². The van der Waals surface area contributed by atoms with Crippen LogP contribution in [0.4, 0.5) is 30.7 Å². The summed E-state index contributed by atoms with van der Waals surface area (Å²) in [7, 11) is -4.67. The van der Waals surface area contributed by atoms with Crippen molar-refractivity contribution in [2.75, 3.05) is 0 Å². The van der Waals surface area contributed by atoms with Gasteiger partial charge in [0, 0.05) is 0 Å². The van der Waals surface area contributed by atoms with Gasteiger partial charge in [0.05, 0.1) is 0 Å². The highest BCUT2D eigenvalue weighted by Gasteiger charge is 2.65. The molecule has 0 aromatic carbocycles. The van der Waals surface area contributed by atoms with Gasteiger partial charge in [0.1, 0.15) is 0 Å². The zero-order chi connectivity index (χ0) is 14.7. The van der Waals surface area contributed by atoms with Crippen molar-refractivity contribution in [1.29, 1.82) is 0 Å². The standard InChI is InChI=1S/C4HF7O.H2O4S/c5-2(6)1(12)3(7,8)4(9,10)11;1-5(2,3)4/h2H;(H2,1,2,3,4). The summed E-state index contributed by atoms with van der Waals surface area (Å²) in [6, 6.07) is 0. The van der Waals surface area contributed by atoms with E-state index < -0.39 is 34.7 Å². The lowest BCUT2D eigenvalue weighted by Crippen LogP contribution is -2.46. The van der Waals surface area contributed by atoms with Crippen molar-refractivity contribution < 1.29 is 53.1 Å². The van der Waals surface area contributed by atoms with E-state index in [0.717, 1.165) is 0 Å². The molecule has 0 aliphatic rings. The van der Waals surface area contributed by atoms with E-state index in [0.29, 0.717) is 0 Å². The van der Waals surface area contributed by atoms with Crippen LogP contribution in [0.2, 0.25) is 0 Å².